The number of rotatable bonds is 8. The van der Waals surface area contributed by atoms with Gasteiger partial charge in [-0.3, -0.25) is 0 Å². The Hall–Kier alpha value is -1.64. The van der Waals surface area contributed by atoms with E-state index in [4.69, 9.17) is 5.11 Å². The number of sulfonamides is 1. The monoisotopic (exact) mass is 370 g/mol. The molecule has 1 aromatic rings. The van der Waals surface area contributed by atoms with Gasteiger partial charge in [0.2, 0.25) is 10.0 Å². The van der Waals surface area contributed by atoms with Crippen LogP contribution in [0.5, 0.6) is 0 Å². The summed E-state index contributed by atoms with van der Waals surface area (Å²) in [4.78, 5) is 11.4. The Labute approximate surface area is 148 Å². The van der Waals surface area contributed by atoms with Crippen molar-refractivity contribution < 1.29 is 23.4 Å². The van der Waals surface area contributed by atoms with Gasteiger partial charge in [0, 0.05) is 24.9 Å². The van der Waals surface area contributed by atoms with E-state index < -0.39 is 16.0 Å². The zero-order valence-corrected chi connectivity index (χ0v) is 15.0. The lowest BCUT2D eigenvalue weighted by Gasteiger charge is -2.17. The van der Waals surface area contributed by atoms with Gasteiger partial charge in [-0.25, -0.2) is 17.9 Å². The molecule has 7 nitrogen and oxygen atoms in total. The van der Waals surface area contributed by atoms with Gasteiger partial charge in [-0.05, 0) is 37.5 Å². The number of aromatic carboxylic acids is 1. The van der Waals surface area contributed by atoms with Crippen molar-refractivity contribution in [1.82, 2.24) is 4.72 Å². The van der Waals surface area contributed by atoms with Crippen LogP contribution in [0.3, 0.4) is 0 Å². The molecule has 0 saturated heterocycles. The van der Waals surface area contributed by atoms with Crippen molar-refractivity contribution in [1.29, 1.82) is 0 Å². The molecule has 0 aromatic heterocycles. The predicted molar refractivity (Wildman–Crippen MR) is 95.4 cm³/mol. The molecular formula is C17H26N2O5S. The molecule has 0 unspecified atom stereocenters. The summed E-state index contributed by atoms with van der Waals surface area (Å²) >= 11 is 0. The van der Waals surface area contributed by atoms with E-state index in [0.717, 1.165) is 38.5 Å². The highest BCUT2D eigenvalue weighted by Crippen LogP contribution is 2.23. The van der Waals surface area contributed by atoms with Crippen molar-refractivity contribution >= 4 is 21.7 Å². The van der Waals surface area contributed by atoms with E-state index in [1.807, 2.05) is 0 Å². The number of carbonyl (C=O) groups is 1. The number of carboxylic acids is 1. The summed E-state index contributed by atoms with van der Waals surface area (Å²) in [7, 11) is -3.76. The lowest BCUT2D eigenvalue weighted by Crippen LogP contribution is -2.34. The van der Waals surface area contributed by atoms with E-state index in [2.05, 4.69) is 10.0 Å². The molecule has 0 spiro atoms. The number of aliphatic hydroxyl groups excluding tert-OH is 1. The Kier molecular flexibility index (Phi) is 7.22. The molecule has 25 heavy (non-hydrogen) atoms. The second kappa shape index (κ2) is 9.17. The molecule has 1 fully saturated rings. The molecular weight excluding hydrogens is 344 g/mol. The van der Waals surface area contributed by atoms with Gasteiger partial charge in [0.15, 0.2) is 0 Å². The molecule has 1 aliphatic carbocycles. The maximum atomic E-state index is 12.6. The topological polar surface area (TPSA) is 116 Å². The average molecular weight is 370 g/mol. The number of aliphatic hydroxyl groups is 1. The first-order valence-corrected chi connectivity index (χ1v) is 10.2. The van der Waals surface area contributed by atoms with Gasteiger partial charge in [-0.2, -0.15) is 0 Å². The highest BCUT2D eigenvalue weighted by molar-refractivity contribution is 7.89. The third-order valence-electron chi connectivity index (χ3n) is 4.36. The maximum absolute atomic E-state index is 12.6. The number of carboxylic acid groups (broad SMARTS) is 1. The second-order valence-electron chi connectivity index (χ2n) is 6.33. The standard InChI is InChI=1S/C17H26N2O5S/c20-11-5-10-18-16-9-8-14(12-15(16)17(21)22)25(23,24)19-13-6-3-1-2-4-7-13/h8-9,12-13,18-20H,1-7,10-11H2,(H,21,22). The molecule has 1 saturated carbocycles. The van der Waals surface area contributed by atoms with Crippen molar-refractivity contribution in [2.75, 3.05) is 18.5 Å². The Bertz CT molecular complexity index is 682. The molecule has 2 rings (SSSR count). The number of anilines is 1. The van der Waals surface area contributed by atoms with Crippen molar-refractivity contribution in [3.05, 3.63) is 23.8 Å². The van der Waals surface area contributed by atoms with Crippen LogP contribution in [0, 0.1) is 0 Å². The molecule has 0 amide bonds. The smallest absolute Gasteiger partial charge is 0.337 e. The van der Waals surface area contributed by atoms with Gasteiger partial charge in [0.05, 0.1) is 10.5 Å². The van der Waals surface area contributed by atoms with E-state index in [9.17, 15) is 18.3 Å². The highest BCUT2D eigenvalue weighted by Gasteiger charge is 2.23. The molecule has 4 N–H and O–H groups in total. The molecule has 1 aliphatic rings. The summed E-state index contributed by atoms with van der Waals surface area (Å²) in [5.74, 6) is -1.20. The zero-order valence-electron chi connectivity index (χ0n) is 14.2. The Balaban J connectivity index is 2.19. The molecule has 0 aliphatic heterocycles. The minimum atomic E-state index is -3.76. The summed E-state index contributed by atoms with van der Waals surface area (Å²) in [6, 6.07) is 3.96. The predicted octanol–water partition coefficient (Wildman–Crippen LogP) is 2.18. The fraction of sp³-hybridized carbons (Fsp3) is 0.588. The van der Waals surface area contributed by atoms with Gasteiger partial charge in [0.1, 0.15) is 0 Å². The first kappa shape index (κ1) is 19.7. The van der Waals surface area contributed by atoms with Crippen molar-refractivity contribution in [2.45, 2.75) is 55.9 Å². The zero-order chi connectivity index (χ0) is 18.3. The Morgan fingerprint density at radius 2 is 1.84 bits per heavy atom. The van der Waals surface area contributed by atoms with E-state index in [0.29, 0.717) is 18.7 Å². The quantitative estimate of drug-likeness (QED) is 0.412. The highest BCUT2D eigenvalue weighted by atomic mass is 32.2. The normalized spacial score (nSPS) is 16.4. The molecule has 0 bridgehead atoms. The van der Waals surface area contributed by atoms with Crippen LogP contribution in [0.4, 0.5) is 5.69 Å². The van der Waals surface area contributed by atoms with Crippen LogP contribution >= 0.6 is 0 Å². The molecule has 0 radical (unpaired) electrons. The summed E-state index contributed by atoms with van der Waals surface area (Å²) in [6.45, 7) is 0.399. The van der Waals surface area contributed by atoms with Crippen LogP contribution in [0.2, 0.25) is 0 Å². The number of nitrogens with one attached hydrogen (secondary N) is 2. The molecule has 0 atom stereocenters. The minimum Gasteiger partial charge on any atom is -0.478 e. The lowest BCUT2D eigenvalue weighted by molar-refractivity contribution is 0.0697. The van der Waals surface area contributed by atoms with Gasteiger partial charge >= 0.3 is 5.97 Å². The van der Waals surface area contributed by atoms with Crippen LogP contribution < -0.4 is 10.0 Å². The number of benzene rings is 1. The summed E-state index contributed by atoms with van der Waals surface area (Å²) in [5.41, 5.74) is 0.246. The van der Waals surface area contributed by atoms with Gasteiger partial charge in [-0.15, -0.1) is 0 Å². The minimum absolute atomic E-state index is 0.00677. The van der Waals surface area contributed by atoms with Crippen molar-refractivity contribution in [3.63, 3.8) is 0 Å². The number of hydrogen-bond donors (Lipinski definition) is 4. The number of hydrogen-bond acceptors (Lipinski definition) is 5. The average Bonchev–Trinajstić information content (AvgIpc) is 2.83. The molecule has 0 heterocycles. The van der Waals surface area contributed by atoms with Crippen LogP contribution in [0.25, 0.3) is 0 Å². The van der Waals surface area contributed by atoms with Gasteiger partial charge < -0.3 is 15.5 Å². The maximum Gasteiger partial charge on any atom is 0.337 e. The Morgan fingerprint density at radius 1 is 1.16 bits per heavy atom. The lowest BCUT2D eigenvalue weighted by atomic mass is 10.1. The summed E-state index contributed by atoms with van der Waals surface area (Å²) in [6.07, 6.45) is 6.34. The van der Waals surface area contributed by atoms with E-state index in [-0.39, 0.29) is 23.1 Å². The van der Waals surface area contributed by atoms with Crippen molar-refractivity contribution in [2.24, 2.45) is 0 Å². The van der Waals surface area contributed by atoms with Crippen LogP contribution in [0.1, 0.15) is 55.3 Å². The van der Waals surface area contributed by atoms with E-state index in [1.165, 1.54) is 18.2 Å². The summed E-state index contributed by atoms with van der Waals surface area (Å²) < 4.78 is 27.9. The van der Waals surface area contributed by atoms with E-state index >= 15 is 0 Å². The van der Waals surface area contributed by atoms with Crippen LogP contribution in [-0.2, 0) is 10.0 Å². The third-order valence-corrected chi connectivity index (χ3v) is 5.88. The van der Waals surface area contributed by atoms with E-state index in [1.54, 1.807) is 0 Å². The van der Waals surface area contributed by atoms with Gasteiger partial charge in [-0.1, -0.05) is 25.7 Å². The fourth-order valence-corrected chi connectivity index (χ4v) is 4.34. The first-order chi connectivity index (χ1) is 11.9. The molecule has 1 aromatic carbocycles. The molecule has 140 valence electrons. The third kappa shape index (κ3) is 5.69. The molecule has 8 heteroatoms. The van der Waals surface area contributed by atoms with Crippen LogP contribution in [-0.4, -0.2) is 43.8 Å². The SMILES string of the molecule is O=C(O)c1cc(S(=O)(=O)NC2CCCCCC2)ccc1NCCCO. The van der Waals surface area contributed by atoms with Gasteiger partial charge in [0.25, 0.3) is 0 Å². The van der Waals surface area contributed by atoms with Crippen LogP contribution in [0.15, 0.2) is 23.1 Å². The second-order valence-corrected chi connectivity index (χ2v) is 8.04. The largest absolute Gasteiger partial charge is 0.478 e. The fourth-order valence-electron chi connectivity index (χ4n) is 3.01. The Morgan fingerprint density at radius 3 is 2.44 bits per heavy atom. The summed E-state index contributed by atoms with van der Waals surface area (Å²) in [5, 5.41) is 21.1. The first-order valence-electron chi connectivity index (χ1n) is 8.68. The van der Waals surface area contributed by atoms with Crippen molar-refractivity contribution in [3.8, 4) is 0 Å².